The van der Waals surface area contributed by atoms with Crippen LogP contribution in [0.5, 0.6) is 28.7 Å². The number of nitrogens with two attached hydrogens (primary N) is 1. The number of aromatic nitrogens is 7. The average Bonchev–Trinajstić information content (AvgIpc) is 1.03. The van der Waals surface area contributed by atoms with Crippen molar-refractivity contribution in [3.63, 3.8) is 0 Å². The van der Waals surface area contributed by atoms with Gasteiger partial charge in [0.25, 0.3) is 0 Å². The molecule has 28 nitrogen and oxygen atoms in total. The number of carbonyl (C=O) groups is 7. The number of aliphatic hydroxyl groups is 3. The summed E-state index contributed by atoms with van der Waals surface area (Å²) in [6.45, 7) is 13.4. The number of anilines is 1. The van der Waals surface area contributed by atoms with Gasteiger partial charge in [-0.05, 0) is 122 Å². The average molecular weight is 1590 g/mol. The highest BCUT2D eigenvalue weighted by molar-refractivity contribution is 7.16. The molecule has 5 aliphatic heterocycles. The van der Waals surface area contributed by atoms with E-state index in [0.29, 0.717) is 105 Å². The van der Waals surface area contributed by atoms with Crippen LogP contribution in [0.4, 0.5) is 9.52 Å². The SMILES string of the molecule is C=C(O)c1cccc2c1OB(O)[C@@H](CC(=O)c1cccnc1)C2.C=C(O)c1cccc2c1OB(O)[C@@H](CC(=O)c1cncnc1)C2.C=C(O)c1cccc2c1OB(O)[C@@H](CC(=O)c1nnc(N)s1)C2.CC(=O)c1cccc2c1OB(O)[C@@H](CC(=O)c1cncc(F)c1)C2.CC(=O)c1cccc2c1OB(O)[C@@H](CC(=O)c1cncs1)C2. The predicted molar refractivity (Wildman–Crippen MR) is 429 cm³/mol. The number of rotatable bonds is 20. The van der Waals surface area contributed by atoms with E-state index in [1.54, 1.807) is 90.6 Å². The number of ketones is 7. The first kappa shape index (κ1) is 83.8. The first-order valence-electron chi connectivity index (χ1n) is 36.0. The van der Waals surface area contributed by atoms with Crippen LogP contribution >= 0.6 is 22.7 Å². The number of nitrogens with zero attached hydrogens (tertiary/aromatic N) is 7. The summed E-state index contributed by atoms with van der Waals surface area (Å²) in [5.41, 5.74) is 14.4. The van der Waals surface area contributed by atoms with Crippen LogP contribution in [0.2, 0.25) is 29.1 Å². The van der Waals surface area contributed by atoms with Gasteiger partial charge in [0.1, 0.15) is 58.2 Å². The molecule has 0 saturated heterocycles. The van der Waals surface area contributed by atoms with Gasteiger partial charge < -0.3 is 69.4 Å². The van der Waals surface area contributed by atoms with Crippen LogP contribution in [0.15, 0.2) is 184 Å². The zero-order chi connectivity index (χ0) is 82.3. The normalized spacial score (nSPS) is 16.5. The summed E-state index contributed by atoms with van der Waals surface area (Å²) >= 11 is 2.30. The Bertz CT molecular complexity index is 5180. The van der Waals surface area contributed by atoms with Crippen LogP contribution < -0.4 is 29.0 Å². The standard InChI is InChI=1S/C17H15BFNO4.C17H16BNO4.C16H15BN2O4.C15H14BNO4S.C14H14BN3O4S/c1-10(21)15-4-2-3-11-5-13(18(23)24-17(11)15)7-16(22)12-6-14(19)9-20-8-12;1-11(20)15-6-2-4-12-8-14(18(22)23-17(12)15)9-16(21)13-5-3-7-19-10-13;1-10(20)14-4-2-3-11-5-13(17(22)23-16(11)14)6-15(21)12-7-18-9-19-8-12;1-9(18)12-4-2-3-10-5-11(16(20)21-15(10)12)6-13(19)14-7-17-8-22-14;1-7(19)10-4-2-3-8-5-9(15(21)22-12(8)10)6-11(20)13-17-18-14(16)23-13/h2-4,6,8-9,13,23H,5,7H2,1H3;2-7,10,14,20,22H,1,8-9H2;2-4,7-9,13,20,22H,1,5-6H2;2-4,7-8,11,20H,5-6H2,1H3;2-4,9,19,21H,1,5-6H2,(H2,16,18)/t13-;14-;13-;11-;9-/m11111/s1. The Morgan fingerprint density at radius 2 is 0.791 bits per heavy atom. The molecule has 0 radical (unpaired) electrons. The molecule has 5 atom stereocenters. The van der Waals surface area contributed by atoms with Crippen molar-refractivity contribution in [2.24, 2.45) is 0 Å². The van der Waals surface area contributed by atoms with Crippen molar-refractivity contribution in [3.8, 4) is 28.7 Å². The zero-order valence-electron chi connectivity index (χ0n) is 61.9. The number of hydrogen-bond acceptors (Lipinski definition) is 30. The van der Waals surface area contributed by atoms with E-state index in [1.807, 2.05) is 24.3 Å². The molecule has 15 rings (SSSR count). The Kier molecular flexibility index (Phi) is 27.8. The maximum atomic E-state index is 13.2. The molecular formula is C79H74B5FN8O20S2. The van der Waals surface area contributed by atoms with Crippen molar-refractivity contribution >= 4 is 121 Å². The van der Waals surface area contributed by atoms with E-state index in [1.165, 1.54) is 62.5 Å². The molecule has 10 N–H and O–H groups in total. The van der Waals surface area contributed by atoms with Gasteiger partial charge in [-0.2, -0.15) is 0 Å². The minimum Gasteiger partial charge on any atom is -0.535 e. The quantitative estimate of drug-likeness (QED) is 0.0194. The number of halogens is 1. The Morgan fingerprint density at radius 1 is 0.435 bits per heavy atom. The van der Waals surface area contributed by atoms with Crippen LogP contribution in [0.1, 0.15) is 162 Å². The molecule has 36 heteroatoms. The van der Waals surface area contributed by atoms with Gasteiger partial charge >= 0.3 is 35.6 Å². The molecule has 10 heterocycles. The second-order valence-corrected chi connectivity index (χ2v) is 29.4. The minimum absolute atomic E-state index is 0.00393. The Hall–Kier alpha value is -12.2. The van der Waals surface area contributed by atoms with Crippen LogP contribution in [0.25, 0.3) is 17.3 Å². The molecule has 0 saturated carbocycles. The molecule has 10 aromatic rings. The number of Topliss-reactive ketones (excluding diaryl/α,β-unsaturated/α-hetero) is 7. The highest BCUT2D eigenvalue weighted by Crippen LogP contribution is 2.44. The topological polar surface area (TPSA) is 444 Å². The fourth-order valence-corrected chi connectivity index (χ4v) is 14.6. The molecule has 0 fully saturated rings. The number of carbonyl (C=O) groups excluding carboxylic acids is 7. The third-order valence-electron chi connectivity index (χ3n) is 19.3. The maximum Gasteiger partial charge on any atom is 0.526 e. The molecule has 0 bridgehead atoms. The smallest absolute Gasteiger partial charge is 0.526 e. The van der Waals surface area contributed by atoms with Gasteiger partial charge in [-0.1, -0.05) is 91.7 Å². The van der Waals surface area contributed by atoms with Crippen molar-refractivity contribution in [1.82, 2.24) is 35.1 Å². The van der Waals surface area contributed by atoms with Gasteiger partial charge in [-0.25, -0.2) is 14.4 Å². The lowest BCUT2D eigenvalue weighted by atomic mass is 9.64. The monoisotopic (exact) mass is 1590 g/mol. The molecule has 0 spiro atoms. The molecule has 0 unspecified atom stereocenters. The van der Waals surface area contributed by atoms with E-state index in [9.17, 15) is 78.4 Å². The number of hydrogen-bond donors (Lipinski definition) is 9. The van der Waals surface area contributed by atoms with E-state index in [2.05, 4.69) is 54.9 Å². The number of para-hydroxylation sites is 5. The maximum absolute atomic E-state index is 13.2. The van der Waals surface area contributed by atoms with E-state index >= 15 is 0 Å². The number of pyridine rings is 2. The second-order valence-electron chi connectivity index (χ2n) is 27.5. The van der Waals surface area contributed by atoms with Gasteiger partial charge in [0.15, 0.2) is 45.5 Å². The van der Waals surface area contributed by atoms with Crippen LogP contribution in [0.3, 0.4) is 0 Å². The van der Waals surface area contributed by atoms with E-state index in [4.69, 9.17) is 29.0 Å². The van der Waals surface area contributed by atoms with Crippen LogP contribution in [-0.4, -0.2) is 152 Å². The lowest BCUT2D eigenvalue weighted by Crippen LogP contribution is -2.35. The summed E-state index contributed by atoms with van der Waals surface area (Å²) in [4.78, 5) is 104. The molecule has 115 heavy (non-hydrogen) atoms. The molecule has 5 aromatic carbocycles. The Balaban J connectivity index is 0.000000142. The third-order valence-corrected chi connectivity index (χ3v) is 20.9. The van der Waals surface area contributed by atoms with Gasteiger partial charge in [0, 0.05) is 109 Å². The molecule has 5 aliphatic rings. The lowest BCUT2D eigenvalue weighted by molar-refractivity contribution is 0.0966. The second kappa shape index (κ2) is 38.1. The predicted octanol–water partition coefficient (Wildman–Crippen LogP) is 11.3. The van der Waals surface area contributed by atoms with Crippen molar-refractivity contribution in [1.29, 1.82) is 0 Å². The first-order chi connectivity index (χ1) is 55.1. The van der Waals surface area contributed by atoms with Crippen LogP contribution in [0, 0.1) is 5.82 Å². The van der Waals surface area contributed by atoms with E-state index in [0.717, 1.165) is 51.4 Å². The summed E-state index contributed by atoms with van der Waals surface area (Å²) in [6, 6.07) is 30.9. The van der Waals surface area contributed by atoms with Crippen molar-refractivity contribution < 1.29 is 102 Å². The largest absolute Gasteiger partial charge is 0.535 e. The summed E-state index contributed by atoms with van der Waals surface area (Å²) in [7, 11) is -5.69. The first-order valence-corrected chi connectivity index (χ1v) is 37.7. The fraction of sp³-hybridized carbons (Fsp3) is 0.215. The van der Waals surface area contributed by atoms with E-state index in [-0.39, 0.29) is 123 Å². The molecule has 0 amide bonds. The Labute approximate surface area is 668 Å². The van der Waals surface area contributed by atoms with Gasteiger partial charge in [0.05, 0.1) is 50.0 Å². The molecular weight excluding hydrogens is 1520 g/mol. The summed E-state index contributed by atoms with van der Waals surface area (Å²) < 4.78 is 40.8. The van der Waals surface area contributed by atoms with Crippen molar-refractivity contribution in [2.45, 2.75) is 107 Å². The fourth-order valence-electron chi connectivity index (χ4n) is 13.5. The zero-order valence-corrected chi connectivity index (χ0v) is 63.6. The summed E-state index contributed by atoms with van der Waals surface area (Å²) in [5.74, 6) is -1.96. The number of fused-ring (bicyclic) bond motifs is 5. The highest BCUT2D eigenvalue weighted by atomic mass is 32.1. The van der Waals surface area contributed by atoms with Crippen molar-refractivity contribution in [2.75, 3.05) is 5.73 Å². The van der Waals surface area contributed by atoms with Gasteiger partial charge in [-0.15, -0.1) is 21.5 Å². The Morgan fingerprint density at radius 3 is 1.14 bits per heavy atom. The van der Waals surface area contributed by atoms with Crippen LogP contribution in [-0.2, 0) is 32.1 Å². The molecule has 584 valence electrons. The molecule has 5 aromatic heterocycles. The number of benzene rings is 5. The lowest BCUT2D eigenvalue weighted by Gasteiger charge is -2.28. The summed E-state index contributed by atoms with van der Waals surface area (Å²) in [5, 5.41) is 87.5. The number of aliphatic hydroxyl groups excluding tert-OH is 3. The van der Waals surface area contributed by atoms with Crippen molar-refractivity contribution in [3.05, 3.63) is 272 Å². The summed E-state index contributed by atoms with van der Waals surface area (Å²) in [6.07, 6.45) is 14.1. The van der Waals surface area contributed by atoms with E-state index < -0.39 is 53.0 Å². The van der Waals surface area contributed by atoms with Gasteiger partial charge in [-0.3, -0.25) is 48.5 Å². The highest BCUT2D eigenvalue weighted by Gasteiger charge is 2.43. The molecule has 0 aliphatic carbocycles. The third kappa shape index (κ3) is 21.0. The van der Waals surface area contributed by atoms with Gasteiger partial charge in [0.2, 0.25) is 5.13 Å². The minimum atomic E-state index is -1.21. The number of nitrogen functional groups attached to an aromatic ring is 1. The number of thiazole rings is 1.